The number of nitrogens with one attached hydrogen (secondary N) is 1. The van der Waals surface area contributed by atoms with Crippen LogP contribution in [-0.2, 0) is 11.3 Å². The minimum atomic E-state index is -0.716. The van der Waals surface area contributed by atoms with Crippen LogP contribution in [-0.4, -0.2) is 32.8 Å². The number of aryl methyl sites for hydroxylation is 1. The van der Waals surface area contributed by atoms with Crippen molar-refractivity contribution in [2.75, 3.05) is 0 Å². The van der Waals surface area contributed by atoms with Crippen LogP contribution in [0.4, 0.5) is 0 Å². The van der Waals surface area contributed by atoms with Gasteiger partial charge in [0.25, 0.3) is 5.91 Å². The molecule has 6 nitrogen and oxygen atoms in total. The largest absolute Gasteiger partial charge is 0.481 e. The van der Waals surface area contributed by atoms with Crippen molar-refractivity contribution in [2.24, 2.45) is 5.92 Å². The zero-order valence-corrected chi connectivity index (χ0v) is 13.6. The number of nitrogens with zero attached hydrogens (tertiary/aromatic N) is 2. The van der Waals surface area contributed by atoms with Gasteiger partial charge in [-0.05, 0) is 44.9 Å². The predicted molar refractivity (Wildman–Crippen MR) is 85.3 cm³/mol. The molecule has 0 bridgehead atoms. The Hall–Kier alpha value is -1.85. The molecule has 1 aromatic rings. The first kappa shape index (κ1) is 16.0. The van der Waals surface area contributed by atoms with E-state index in [0.717, 1.165) is 44.3 Å². The van der Waals surface area contributed by atoms with E-state index in [9.17, 15) is 9.59 Å². The lowest BCUT2D eigenvalue weighted by Crippen LogP contribution is -2.39. The number of amides is 1. The van der Waals surface area contributed by atoms with E-state index in [1.54, 1.807) is 6.20 Å². The molecule has 2 fully saturated rings. The van der Waals surface area contributed by atoms with Crippen LogP contribution >= 0.6 is 0 Å². The zero-order chi connectivity index (χ0) is 16.4. The number of carboxylic acid groups (broad SMARTS) is 1. The minimum Gasteiger partial charge on any atom is -0.481 e. The Labute approximate surface area is 136 Å². The van der Waals surface area contributed by atoms with Gasteiger partial charge in [0.05, 0.1) is 23.4 Å². The van der Waals surface area contributed by atoms with E-state index in [1.165, 1.54) is 0 Å². The molecule has 0 atom stereocenters. The molecule has 0 radical (unpaired) electrons. The molecule has 3 rings (SSSR count). The third-order valence-corrected chi connectivity index (χ3v) is 4.94. The zero-order valence-electron chi connectivity index (χ0n) is 13.6. The molecule has 1 heterocycles. The Bertz CT molecular complexity index is 584. The van der Waals surface area contributed by atoms with Crippen molar-refractivity contribution in [3.05, 3.63) is 17.5 Å². The molecule has 126 valence electrons. The Balaban J connectivity index is 1.64. The van der Waals surface area contributed by atoms with Gasteiger partial charge < -0.3 is 10.4 Å². The summed E-state index contributed by atoms with van der Waals surface area (Å²) in [5.41, 5.74) is 1.80. The molecule has 2 aliphatic rings. The third-order valence-electron chi connectivity index (χ3n) is 4.94. The van der Waals surface area contributed by atoms with Crippen molar-refractivity contribution in [1.29, 1.82) is 0 Å². The second-order valence-corrected chi connectivity index (χ2v) is 6.80. The number of carboxylic acids is 1. The summed E-state index contributed by atoms with van der Waals surface area (Å²) in [6, 6.07) is 0.0830. The predicted octanol–water partition coefficient (Wildman–Crippen LogP) is 2.54. The van der Waals surface area contributed by atoms with Gasteiger partial charge >= 0.3 is 5.97 Å². The van der Waals surface area contributed by atoms with Crippen LogP contribution in [0.3, 0.4) is 0 Å². The van der Waals surface area contributed by atoms with E-state index in [0.29, 0.717) is 24.3 Å². The summed E-state index contributed by atoms with van der Waals surface area (Å²) in [5, 5.41) is 16.5. The van der Waals surface area contributed by atoms with Gasteiger partial charge in [-0.15, -0.1) is 0 Å². The fraction of sp³-hybridized carbons (Fsp3) is 0.706. The number of rotatable bonds is 6. The second-order valence-electron chi connectivity index (χ2n) is 6.80. The number of hydrogen-bond donors (Lipinski definition) is 2. The van der Waals surface area contributed by atoms with E-state index in [-0.39, 0.29) is 17.9 Å². The first-order chi connectivity index (χ1) is 11.1. The van der Waals surface area contributed by atoms with Gasteiger partial charge in [0.2, 0.25) is 0 Å². The number of carbonyl (C=O) groups is 2. The van der Waals surface area contributed by atoms with Crippen LogP contribution in [0.5, 0.6) is 0 Å². The van der Waals surface area contributed by atoms with Gasteiger partial charge in [0, 0.05) is 18.5 Å². The van der Waals surface area contributed by atoms with Crippen molar-refractivity contribution in [3.63, 3.8) is 0 Å². The normalized spacial score (nSPS) is 24.4. The van der Waals surface area contributed by atoms with Gasteiger partial charge in [0.1, 0.15) is 0 Å². The van der Waals surface area contributed by atoms with Crippen LogP contribution in [0.15, 0.2) is 6.20 Å². The molecular formula is C17H25N3O3. The molecule has 0 spiro atoms. The number of aliphatic carboxylic acids is 1. The number of aromatic nitrogens is 2. The lowest BCUT2D eigenvalue weighted by atomic mass is 9.86. The molecule has 1 aromatic heterocycles. The van der Waals surface area contributed by atoms with Gasteiger partial charge in [-0.2, -0.15) is 5.10 Å². The van der Waals surface area contributed by atoms with Crippen molar-refractivity contribution < 1.29 is 14.7 Å². The fourth-order valence-electron chi connectivity index (χ4n) is 3.50. The van der Waals surface area contributed by atoms with Crippen molar-refractivity contribution in [1.82, 2.24) is 15.1 Å². The maximum atomic E-state index is 12.6. The molecule has 23 heavy (non-hydrogen) atoms. The Kier molecular flexibility index (Phi) is 4.68. The van der Waals surface area contributed by atoms with Crippen LogP contribution in [0.1, 0.15) is 73.8 Å². The Morgan fingerprint density at radius 2 is 1.96 bits per heavy atom. The first-order valence-corrected chi connectivity index (χ1v) is 8.69. The van der Waals surface area contributed by atoms with Crippen LogP contribution in [0.2, 0.25) is 0 Å². The highest BCUT2D eigenvalue weighted by molar-refractivity contribution is 5.95. The van der Waals surface area contributed by atoms with Gasteiger partial charge in [-0.25, -0.2) is 0 Å². The van der Waals surface area contributed by atoms with Crippen LogP contribution < -0.4 is 5.32 Å². The van der Waals surface area contributed by atoms with E-state index in [1.807, 2.05) is 4.68 Å². The highest BCUT2D eigenvalue weighted by Crippen LogP contribution is 2.41. The molecule has 1 amide bonds. The first-order valence-electron chi connectivity index (χ1n) is 8.69. The summed E-state index contributed by atoms with van der Waals surface area (Å²) in [4.78, 5) is 23.6. The molecule has 2 N–H and O–H groups in total. The third kappa shape index (κ3) is 3.57. The standard InChI is InChI=1S/C17H25N3O3/c1-2-9-20-15(11-3-4-11)14(10-18-20)16(21)19-13-7-5-12(6-8-13)17(22)23/h10-13H,2-9H2,1H3,(H,19,21)(H,22,23). The summed E-state index contributed by atoms with van der Waals surface area (Å²) in [7, 11) is 0. The summed E-state index contributed by atoms with van der Waals surface area (Å²) < 4.78 is 1.98. The average Bonchev–Trinajstić information content (AvgIpc) is 3.28. The Morgan fingerprint density at radius 3 is 2.52 bits per heavy atom. The van der Waals surface area contributed by atoms with E-state index in [4.69, 9.17) is 5.11 Å². The van der Waals surface area contributed by atoms with Gasteiger partial charge in [-0.3, -0.25) is 14.3 Å². The summed E-state index contributed by atoms with van der Waals surface area (Å²) in [6.07, 6.45) is 7.74. The van der Waals surface area contributed by atoms with Crippen molar-refractivity contribution >= 4 is 11.9 Å². The monoisotopic (exact) mass is 319 g/mol. The lowest BCUT2D eigenvalue weighted by Gasteiger charge is -2.26. The quantitative estimate of drug-likeness (QED) is 0.844. The topological polar surface area (TPSA) is 84.2 Å². The minimum absolute atomic E-state index is 0.0481. The molecule has 0 aliphatic heterocycles. The molecule has 2 aliphatic carbocycles. The Morgan fingerprint density at radius 1 is 1.26 bits per heavy atom. The van der Waals surface area contributed by atoms with Crippen LogP contribution in [0, 0.1) is 5.92 Å². The molecule has 0 saturated heterocycles. The summed E-state index contributed by atoms with van der Waals surface area (Å²) >= 11 is 0. The average molecular weight is 319 g/mol. The lowest BCUT2D eigenvalue weighted by molar-refractivity contribution is -0.142. The molecular weight excluding hydrogens is 294 g/mol. The molecule has 6 heteroatoms. The SMILES string of the molecule is CCCn1ncc(C(=O)NC2CCC(C(=O)O)CC2)c1C1CC1. The van der Waals surface area contributed by atoms with Gasteiger partial charge in [-0.1, -0.05) is 6.92 Å². The smallest absolute Gasteiger partial charge is 0.306 e. The molecule has 2 saturated carbocycles. The summed E-state index contributed by atoms with van der Waals surface area (Å²) in [5.74, 6) is -0.537. The van der Waals surface area contributed by atoms with E-state index >= 15 is 0 Å². The number of hydrogen-bond acceptors (Lipinski definition) is 3. The maximum Gasteiger partial charge on any atom is 0.306 e. The van der Waals surface area contributed by atoms with Crippen molar-refractivity contribution in [3.8, 4) is 0 Å². The van der Waals surface area contributed by atoms with Gasteiger partial charge in [0.15, 0.2) is 0 Å². The summed E-state index contributed by atoms with van der Waals surface area (Å²) in [6.45, 7) is 2.96. The van der Waals surface area contributed by atoms with E-state index in [2.05, 4.69) is 17.3 Å². The van der Waals surface area contributed by atoms with E-state index < -0.39 is 5.97 Å². The van der Waals surface area contributed by atoms with Crippen LogP contribution in [0.25, 0.3) is 0 Å². The maximum absolute atomic E-state index is 12.6. The molecule has 0 unspecified atom stereocenters. The molecule has 0 aromatic carbocycles. The fourth-order valence-corrected chi connectivity index (χ4v) is 3.50. The number of carbonyl (C=O) groups excluding carboxylic acids is 1. The second kappa shape index (κ2) is 6.72. The van der Waals surface area contributed by atoms with Crippen molar-refractivity contribution in [2.45, 2.75) is 70.4 Å². The highest BCUT2D eigenvalue weighted by Gasteiger charge is 2.33. The highest BCUT2D eigenvalue weighted by atomic mass is 16.4.